The van der Waals surface area contributed by atoms with Crippen molar-refractivity contribution in [2.24, 2.45) is 0 Å². The third-order valence-corrected chi connectivity index (χ3v) is 1.88. The van der Waals surface area contributed by atoms with E-state index in [1.54, 1.807) is 6.92 Å². The van der Waals surface area contributed by atoms with Gasteiger partial charge in [0.05, 0.1) is 6.07 Å². The summed E-state index contributed by atoms with van der Waals surface area (Å²) in [6.45, 7) is 2.22. The van der Waals surface area contributed by atoms with Crippen molar-refractivity contribution in [1.82, 2.24) is 5.32 Å². The van der Waals surface area contributed by atoms with E-state index < -0.39 is 23.5 Å². The molecule has 0 saturated heterocycles. The molecule has 0 aliphatic heterocycles. The summed E-state index contributed by atoms with van der Waals surface area (Å²) in [4.78, 5) is 0. The van der Waals surface area contributed by atoms with E-state index >= 15 is 0 Å². The first-order valence-electron chi connectivity index (χ1n) is 4.37. The molecule has 2 nitrogen and oxygen atoms in total. The SMILES string of the molecule is CCNC(C#N)c1cc(F)c(F)c(F)c1. The molecule has 0 aliphatic rings. The molecule has 1 N–H and O–H groups in total. The molecule has 0 fully saturated rings. The third-order valence-electron chi connectivity index (χ3n) is 1.88. The maximum atomic E-state index is 12.8. The Labute approximate surface area is 85.3 Å². The second-order valence-corrected chi connectivity index (χ2v) is 2.92. The number of halogens is 3. The number of hydrogen-bond donors (Lipinski definition) is 1. The number of nitrogens with zero attached hydrogens (tertiary/aromatic N) is 1. The molecule has 0 saturated carbocycles. The second-order valence-electron chi connectivity index (χ2n) is 2.92. The van der Waals surface area contributed by atoms with E-state index in [0.29, 0.717) is 6.54 Å². The lowest BCUT2D eigenvalue weighted by Crippen LogP contribution is -2.19. The molecule has 5 heteroatoms. The van der Waals surface area contributed by atoms with Gasteiger partial charge in [-0.05, 0) is 24.2 Å². The van der Waals surface area contributed by atoms with Crippen LogP contribution in [0.3, 0.4) is 0 Å². The Kier molecular flexibility index (Phi) is 3.69. The normalized spacial score (nSPS) is 12.2. The van der Waals surface area contributed by atoms with Crippen LogP contribution in [0, 0.1) is 28.8 Å². The van der Waals surface area contributed by atoms with E-state index in [4.69, 9.17) is 5.26 Å². The van der Waals surface area contributed by atoms with Crippen molar-refractivity contribution in [3.63, 3.8) is 0 Å². The van der Waals surface area contributed by atoms with E-state index in [1.165, 1.54) is 0 Å². The Morgan fingerprint density at radius 3 is 2.27 bits per heavy atom. The molecule has 80 valence electrons. The standard InChI is InChI=1S/C10H9F3N2/c1-2-15-9(5-14)6-3-7(11)10(13)8(12)4-6/h3-4,9,15H,2H2,1H3. The fraction of sp³-hybridized carbons (Fsp3) is 0.300. The maximum Gasteiger partial charge on any atom is 0.194 e. The van der Waals surface area contributed by atoms with Crippen molar-refractivity contribution >= 4 is 0 Å². The van der Waals surface area contributed by atoms with Gasteiger partial charge in [-0.3, -0.25) is 5.32 Å². The fourth-order valence-electron chi connectivity index (χ4n) is 1.18. The predicted octanol–water partition coefficient (Wildman–Crippen LogP) is 2.28. The highest BCUT2D eigenvalue weighted by molar-refractivity contribution is 5.26. The molecular weight excluding hydrogens is 205 g/mol. The first-order chi connectivity index (χ1) is 7.10. The number of hydrogen-bond acceptors (Lipinski definition) is 2. The molecule has 0 amide bonds. The number of nitriles is 1. The zero-order valence-electron chi connectivity index (χ0n) is 8.02. The van der Waals surface area contributed by atoms with Crippen molar-refractivity contribution in [2.75, 3.05) is 6.54 Å². The lowest BCUT2D eigenvalue weighted by atomic mass is 10.1. The highest BCUT2D eigenvalue weighted by Crippen LogP contribution is 2.18. The molecule has 0 spiro atoms. The van der Waals surface area contributed by atoms with Gasteiger partial charge in [0, 0.05) is 0 Å². The predicted molar refractivity (Wildman–Crippen MR) is 48.3 cm³/mol. The van der Waals surface area contributed by atoms with Crippen molar-refractivity contribution in [3.05, 3.63) is 35.1 Å². The van der Waals surface area contributed by atoms with Gasteiger partial charge in [0.2, 0.25) is 0 Å². The molecule has 1 atom stereocenters. The monoisotopic (exact) mass is 214 g/mol. The van der Waals surface area contributed by atoms with Crippen LogP contribution in [0.1, 0.15) is 18.5 Å². The highest BCUT2D eigenvalue weighted by atomic mass is 19.2. The Hall–Kier alpha value is -1.54. The van der Waals surface area contributed by atoms with E-state index in [2.05, 4.69) is 5.32 Å². The first kappa shape index (κ1) is 11.5. The molecular formula is C10H9F3N2. The molecule has 0 radical (unpaired) electrons. The molecule has 0 heterocycles. The van der Waals surface area contributed by atoms with Crippen LogP contribution >= 0.6 is 0 Å². The lowest BCUT2D eigenvalue weighted by molar-refractivity contribution is 0.443. The molecule has 1 unspecified atom stereocenters. The molecule has 1 aromatic carbocycles. The van der Waals surface area contributed by atoms with Crippen molar-refractivity contribution in [1.29, 1.82) is 5.26 Å². The van der Waals surface area contributed by atoms with Crippen molar-refractivity contribution in [2.45, 2.75) is 13.0 Å². The van der Waals surface area contributed by atoms with Crippen LogP contribution in [0.4, 0.5) is 13.2 Å². The van der Waals surface area contributed by atoms with Crippen molar-refractivity contribution in [3.8, 4) is 6.07 Å². The first-order valence-corrected chi connectivity index (χ1v) is 4.37. The lowest BCUT2D eigenvalue weighted by Gasteiger charge is -2.10. The quantitative estimate of drug-likeness (QED) is 0.783. The van der Waals surface area contributed by atoms with Crippen molar-refractivity contribution < 1.29 is 13.2 Å². The summed E-state index contributed by atoms with van der Waals surface area (Å²) in [6.07, 6.45) is 0. The zero-order chi connectivity index (χ0) is 11.4. The van der Waals surface area contributed by atoms with Gasteiger partial charge in [0.25, 0.3) is 0 Å². The van der Waals surface area contributed by atoms with E-state index in [-0.39, 0.29) is 5.56 Å². The second kappa shape index (κ2) is 4.80. The van der Waals surface area contributed by atoms with E-state index in [0.717, 1.165) is 12.1 Å². The van der Waals surface area contributed by atoms with Crippen LogP contribution in [0.5, 0.6) is 0 Å². The minimum absolute atomic E-state index is 0.0794. The fourth-order valence-corrected chi connectivity index (χ4v) is 1.18. The van der Waals surface area contributed by atoms with Gasteiger partial charge in [-0.15, -0.1) is 0 Å². The van der Waals surface area contributed by atoms with Crippen LogP contribution in [0.25, 0.3) is 0 Å². The van der Waals surface area contributed by atoms with Crippen LogP contribution < -0.4 is 5.32 Å². The maximum absolute atomic E-state index is 12.8. The minimum atomic E-state index is -1.52. The van der Waals surface area contributed by atoms with Gasteiger partial charge in [-0.25, -0.2) is 13.2 Å². The van der Waals surface area contributed by atoms with E-state index in [1.807, 2.05) is 6.07 Å². The molecule has 15 heavy (non-hydrogen) atoms. The Morgan fingerprint density at radius 2 is 1.87 bits per heavy atom. The molecule has 0 bridgehead atoms. The molecule has 0 aliphatic carbocycles. The minimum Gasteiger partial charge on any atom is -0.298 e. The average Bonchev–Trinajstić information content (AvgIpc) is 2.22. The van der Waals surface area contributed by atoms with Crippen LogP contribution in [0.2, 0.25) is 0 Å². The Balaban J connectivity index is 3.10. The Bertz CT molecular complexity index is 375. The highest BCUT2D eigenvalue weighted by Gasteiger charge is 2.15. The smallest absolute Gasteiger partial charge is 0.194 e. The van der Waals surface area contributed by atoms with Gasteiger partial charge in [-0.1, -0.05) is 6.92 Å². The van der Waals surface area contributed by atoms with Gasteiger partial charge < -0.3 is 0 Å². The van der Waals surface area contributed by atoms with Gasteiger partial charge in [0.1, 0.15) is 6.04 Å². The zero-order valence-corrected chi connectivity index (χ0v) is 8.02. The summed E-state index contributed by atoms with van der Waals surface area (Å²) in [5.41, 5.74) is 0.0794. The van der Waals surface area contributed by atoms with Crippen LogP contribution in [0.15, 0.2) is 12.1 Å². The number of benzene rings is 1. The summed E-state index contributed by atoms with van der Waals surface area (Å²) in [6, 6.07) is 2.62. The van der Waals surface area contributed by atoms with Gasteiger partial charge >= 0.3 is 0 Å². The summed E-state index contributed by atoms with van der Waals surface area (Å²) in [7, 11) is 0. The van der Waals surface area contributed by atoms with Gasteiger partial charge in [-0.2, -0.15) is 5.26 Å². The van der Waals surface area contributed by atoms with Crippen LogP contribution in [-0.2, 0) is 0 Å². The van der Waals surface area contributed by atoms with Crippen LogP contribution in [-0.4, -0.2) is 6.54 Å². The number of nitrogens with one attached hydrogen (secondary N) is 1. The third kappa shape index (κ3) is 2.48. The summed E-state index contributed by atoms with van der Waals surface area (Å²) >= 11 is 0. The topological polar surface area (TPSA) is 35.8 Å². The summed E-state index contributed by atoms with van der Waals surface area (Å²) in [5, 5.41) is 11.4. The van der Waals surface area contributed by atoms with E-state index in [9.17, 15) is 13.2 Å². The molecule has 0 aromatic heterocycles. The largest absolute Gasteiger partial charge is 0.298 e. The molecule has 1 aromatic rings. The van der Waals surface area contributed by atoms with Gasteiger partial charge in [0.15, 0.2) is 17.5 Å². The summed E-state index contributed by atoms with van der Waals surface area (Å²) in [5.74, 6) is -4.10. The Morgan fingerprint density at radius 1 is 1.33 bits per heavy atom. The summed E-state index contributed by atoms with van der Waals surface area (Å²) < 4.78 is 38.3. The average molecular weight is 214 g/mol. The molecule has 1 rings (SSSR count). The number of rotatable bonds is 3.